The van der Waals surface area contributed by atoms with E-state index >= 15 is 0 Å². The van der Waals surface area contributed by atoms with Crippen molar-refractivity contribution < 1.29 is 4.79 Å². The minimum Gasteiger partial charge on any atom is -0.368 e. The molecule has 0 spiro atoms. The highest BCUT2D eigenvalue weighted by Gasteiger charge is 2.20. The van der Waals surface area contributed by atoms with Crippen LogP contribution in [0.3, 0.4) is 0 Å². The first-order valence-electron chi connectivity index (χ1n) is 8.79. The van der Waals surface area contributed by atoms with Gasteiger partial charge in [0.15, 0.2) is 0 Å². The van der Waals surface area contributed by atoms with Crippen LogP contribution >= 0.6 is 11.6 Å². The smallest absolute Gasteiger partial charge is 0.248 e. The van der Waals surface area contributed by atoms with Gasteiger partial charge < -0.3 is 10.6 Å². The molecule has 0 saturated carbocycles. The van der Waals surface area contributed by atoms with Crippen molar-refractivity contribution in [2.24, 2.45) is 5.73 Å². The van der Waals surface area contributed by atoms with E-state index in [1.165, 1.54) is 11.1 Å². The molecule has 0 fully saturated rings. The number of nitrogens with zero attached hydrogens (tertiary/aromatic N) is 1. The van der Waals surface area contributed by atoms with Gasteiger partial charge in [0.05, 0.1) is 0 Å². The minimum atomic E-state index is -0.417. The number of carbonyl (C=O) groups excluding carboxylic acids is 1. The van der Waals surface area contributed by atoms with E-state index in [0.717, 1.165) is 29.8 Å². The summed E-state index contributed by atoms with van der Waals surface area (Å²) in [5, 5.41) is 0.697. The van der Waals surface area contributed by atoms with Crippen molar-refractivity contribution in [2.45, 2.75) is 13.1 Å². The summed E-state index contributed by atoms with van der Waals surface area (Å²) in [6.07, 6.45) is 2.16. The summed E-state index contributed by atoms with van der Waals surface area (Å²) in [4.78, 5) is 13.9. The first-order valence-corrected chi connectivity index (χ1v) is 9.17. The molecule has 4 rings (SSSR count). The van der Waals surface area contributed by atoms with Crippen LogP contribution in [0.4, 0.5) is 0 Å². The number of nitrogens with two attached hydrogens (primary N) is 1. The van der Waals surface area contributed by atoms with Crippen molar-refractivity contribution in [3.8, 4) is 0 Å². The molecule has 134 valence electrons. The van der Waals surface area contributed by atoms with Crippen LogP contribution in [0.15, 0.2) is 79.0 Å². The molecule has 1 aliphatic rings. The Labute approximate surface area is 163 Å². The summed E-state index contributed by atoms with van der Waals surface area (Å²) in [6.45, 7) is 1.59. The second-order valence-electron chi connectivity index (χ2n) is 6.68. The second kappa shape index (κ2) is 7.29. The number of hydrogen-bond acceptors (Lipinski definition) is 2. The van der Waals surface area contributed by atoms with E-state index in [0.29, 0.717) is 10.6 Å². The zero-order valence-corrected chi connectivity index (χ0v) is 15.5. The first-order chi connectivity index (χ1) is 13.1. The molecule has 3 aromatic carbocycles. The highest BCUT2D eigenvalue weighted by Crippen LogP contribution is 2.33. The standard InChI is InChI=1S/C23H19ClN2O/c24-20-10-8-17(9-11-20)22-15-26(13-16-4-2-1-3-5-16)14-19-7-6-18(23(25)27)12-21(19)22/h1-12,15H,13-14H2,(H2,25,27). The van der Waals surface area contributed by atoms with Gasteiger partial charge in [-0.3, -0.25) is 4.79 Å². The van der Waals surface area contributed by atoms with E-state index in [1.807, 2.05) is 42.5 Å². The van der Waals surface area contributed by atoms with Gasteiger partial charge in [-0.15, -0.1) is 0 Å². The van der Waals surface area contributed by atoms with Crippen molar-refractivity contribution in [1.82, 2.24) is 4.90 Å². The molecule has 3 aromatic rings. The van der Waals surface area contributed by atoms with Gasteiger partial charge in [0.1, 0.15) is 0 Å². The van der Waals surface area contributed by atoms with Gasteiger partial charge >= 0.3 is 0 Å². The van der Waals surface area contributed by atoms with Crippen LogP contribution < -0.4 is 5.73 Å². The molecular formula is C23H19ClN2O. The largest absolute Gasteiger partial charge is 0.368 e. The molecule has 0 unspecified atom stereocenters. The predicted molar refractivity (Wildman–Crippen MR) is 109 cm³/mol. The molecule has 0 aliphatic carbocycles. The summed E-state index contributed by atoms with van der Waals surface area (Å²) < 4.78 is 0. The topological polar surface area (TPSA) is 46.3 Å². The maximum atomic E-state index is 11.7. The molecule has 0 radical (unpaired) electrons. The number of primary amides is 1. The Morgan fingerprint density at radius 2 is 1.74 bits per heavy atom. The Kier molecular flexibility index (Phi) is 4.69. The summed E-state index contributed by atoms with van der Waals surface area (Å²) in [5.41, 5.74) is 11.6. The number of carbonyl (C=O) groups is 1. The van der Waals surface area contributed by atoms with Crippen molar-refractivity contribution in [3.05, 3.63) is 112 Å². The third kappa shape index (κ3) is 3.74. The maximum Gasteiger partial charge on any atom is 0.248 e. The molecule has 27 heavy (non-hydrogen) atoms. The quantitative estimate of drug-likeness (QED) is 0.710. The van der Waals surface area contributed by atoms with E-state index in [9.17, 15) is 4.79 Å². The number of hydrogen-bond donors (Lipinski definition) is 1. The molecule has 1 amide bonds. The Balaban J connectivity index is 1.78. The monoisotopic (exact) mass is 374 g/mol. The third-order valence-electron chi connectivity index (χ3n) is 4.75. The van der Waals surface area contributed by atoms with Crippen molar-refractivity contribution in [2.75, 3.05) is 0 Å². The minimum absolute atomic E-state index is 0.417. The molecule has 1 heterocycles. The van der Waals surface area contributed by atoms with Gasteiger partial charge in [0.25, 0.3) is 0 Å². The number of rotatable bonds is 4. The van der Waals surface area contributed by atoms with Crippen LogP contribution in [0.5, 0.6) is 0 Å². The highest BCUT2D eigenvalue weighted by atomic mass is 35.5. The Bertz CT molecular complexity index is 1010. The second-order valence-corrected chi connectivity index (χ2v) is 7.11. The van der Waals surface area contributed by atoms with Crippen molar-refractivity contribution in [3.63, 3.8) is 0 Å². The summed E-state index contributed by atoms with van der Waals surface area (Å²) >= 11 is 6.06. The van der Waals surface area contributed by atoms with E-state index in [-0.39, 0.29) is 0 Å². The van der Waals surface area contributed by atoms with Crippen LogP contribution in [0.2, 0.25) is 5.02 Å². The maximum absolute atomic E-state index is 11.7. The fourth-order valence-corrected chi connectivity index (χ4v) is 3.54. The van der Waals surface area contributed by atoms with Crippen LogP contribution in [-0.2, 0) is 13.1 Å². The molecule has 4 heteroatoms. The third-order valence-corrected chi connectivity index (χ3v) is 5.01. The predicted octanol–water partition coefficient (Wildman–Crippen LogP) is 4.84. The Hall–Kier alpha value is -3.04. The van der Waals surface area contributed by atoms with E-state index in [2.05, 4.69) is 35.4 Å². The highest BCUT2D eigenvalue weighted by molar-refractivity contribution is 6.30. The lowest BCUT2D eigenvalue weighted by atomic mass is 9.90. The molecular weight excluding hydrogens is 356 g/mol. The van der Waals surface area contributed by atoms with Crippen molar-refractivity contribution in [1.29, 1.82) is 0 Å². The summed E-state index contributed by atoms with van der Waals surface area (Å²) in [6, 6.07) is 23.8. The average molecular weight is 375 g/mol. The van der Waals surface area contributed by atoms with Gasteiger partial charge in [0, 0.05) is 35.4 Å². The van der Waals surface area contributed by atoms with E-state index in [1.54, 1.807) is 6.07 Å². The molecule has 0 aromatic heterocycles. The van der Waals surface area contributed by atoms with Crippen molar-refractivity contribution >= 4 is 23.1 Å². The van der Waals surface area contributed by atoms with Gasteiger partial charge in [-0.05, 0) is 46.5 Å². The van der Waals surface area contributed by atoms with Crippen LogP contribution in [-0.4, -0.2) is 10.8 Å². The lowest BCUT2D eigenvalue weighted by molar-refractivity contribution is 0.1000. The molecule has 2 N–H and O–H groups in total. The fraction of sp³-hybridized carbons (Fsp3) is 0.0870. The zero-order chi connectivity index (χ0) is 18.8. The van der Waals surface area contributed by atoms with Crippen LogP contribution in [0.25, 0.3) is 5.57 Å². The molecule has 3 nitrogen and oxygen atoms in total. The Morgan fingerprint density at radius 1 is 1.00 bits per heavy atom. The number of benzene rings is 3. The first kappa shape index (κ1) is 17.4. The van der Waals surface area contributed by atoms with Gasteiger partial charge in [-0.1, -0.05) is 60.1 Å². The van der Waals surface area contributed by atoms with E-state index < -0.39 is 5.91 Å². The molecule has 0 atom stereocenters. The lowest BCUT2D eigenvalue weighted by Gasteiger charge is -2.29. The van der Waals surface area contributed by atoms with Gasteiger partial charge in [0.2, 0.25) is 5.91 Å². The molecule has 1 aliphatic heterocycles. The molecule has 0 bridgehead atoms. The van der Waals surface area contributed by atoms with E-state index in [4.69, 9.17) is 17.3 Å². The lowest BCUT2D eigenvalue weighted by Crippen LogP contribution is -2.22. The zero-order valence-electron chi connectivity index (χ0n) is 14.7. The summed E-state index contributed by atoms with van der Waals surface area (Å²) in [7, 11) is 0. The molecule has 0 saturated heterocycles. The number of amides is 1. The Morgan fingerprint density at radius 3 is 2.44 bits per heavy atom. The fourth-order valence-electron chi connectivity index (χ4n) is 3.41. The average Bonchev–Trinajstić information content (AvgIpc) is 2.68. The van der Waals surface area contributed by atoms with Gasteiger partial charge in [-0.25, -0.2) is 0 Å². The number of fused-ring (bicyclic) bond motifs is 1. The summed E-state index contributed by atoms with van der Waals surface area (Å²) in [5.74, 6) is -0.417. The van der Waals surface area contributed by atoms with Crippen LogP contribution in [0.1, 0.15) is 32.6 Å². The van der Waals surface area contributed by atoms with Crippen LogP contribution in [0, 0.1) is 0 Å². The number of halogens is 1. The van der Waals surface area contributed by atoms with Gasteiger partial charge in [-0.2, -0.15) is 0 Å². The SMILES string of the molecule is NC(=O)c1ccc2c(c1)C(c1ccc(Cl)cc1)=CN(Cc1ccccc1)C2. The normalized spacial score (nSPS) is 13.1.